The number of morpholine rings is 1. The van der Waals surface area contributed by atoms with Crippen LogP contribution in [-0.4, -0.2) is 96.5 Å². The average Bonchev–Trinajstić information content (AvgIpc) is 3.68. The third-order valence-electron chi connectivity index (χ3n) is 10.2. The molecule has 0 aliphatic carbocycles. The lowest BCUT2D eigenvalue weighted by Gasteiger charge is -2.39. The Morgan fingerprint density at radius 1 is 0.959 bits per heavy atom. The molecule has 3 fully saturated rings. The molecule has 0 bridgehead atoms. The van der Waals surface area contributed by atoms with E-state index in [0.717, 1.165) is 15.1 Å². The van der Waals surface area contributed by atoms with Gasteiger partial charge in [-0.3, -0.25) is 4.57 Å². The normalized spacial score (nSPS) is 23.4. The average molecular weight is 830 g/mol. The fraction of sp³-hybridized carbons (Fsp3) is 0.629. The van der Waals surface area contributed by atoms with E-state index in [4.69, 9.17) is 33.1 Å². The lowest BCUT2D eigenvalue weighted by atomic mass is 10.1. The summed E-state index contributed by atoms with van der Waals surface area (Å²) in [7, 11) is -3.35. The Kier molecular flexibility index (Phi) is 10.9. The Labute approximate surface area is 304 Å². The van der Waals surface area contributed by atoms with Crippen LogP contribution in [0.15, 0.2) is 24.3 Å². The molecule has 3 saturated heterocycles. The molecule has 0 saturated carbocycles. The van der Waals surface area contributed by atoms with E-state index in [2.05, 4.69) is 76.1 Å². The van der Waals surface area contributed by atoms with Gasteiger partial charge in [0.05, 0.1) is 49.3 Å². The smallest absolute Gasteiger partial charge is 0.212 e. The first kappa shape index (κ1) is 37.1. The molecule has 0 amide bonds. The predicted octanol–water partition coefficient (Wildman–Crippen LogP) is 7.67. The van der Waals surface area contributed by atoms with Gasteiger partial charge >= 0.3 is 0 Å². The fourth-order valence-corrected chi connectivity index (χ4v) is 9.10. The van der Waals surface area contributed by atoms with Crippen LogP contribution in [0.5, 0.6) is 5.88 Å². The largest absolute Gasteiger partial charge is 0.469 e. The molecule has 3 aliphatic heterocycles. The maximum Gasteiger partial charge on any atom is 0.212 e. The molecule has 270 valence electrons. The highest BCUT2D eigenvalue weighted by atomic mass is 127. The van der Waals surface area contributed by atoms with Crippen molar-refractivity contribution in [3.63, 3.8) is 0 Å². The molecule has 0 spiro atoms. The molecule has 3 aromatic rings. The number of aromatic nitrogens is 2. The van der Waals surface area contributed by atoms with E-state index in [-0.39, 0.29) is 47.4 Å². The zero-order valence-corrected chi connectivity index (χ0v) is 34.1. The maximum atomic E-state index is 15.6. The van der Waals surface area contributed by atoms with Crippen molar-refractivity contribution in [3.05, 3.63) is 39.5 Å². The Morgan fingerprint density at radius 3 is 2.22 bits per heavy atom. The molecule has 4 atom stereocenters. The number of rotatable bonds is 11. The van der Waals surface area contributed by atoms with E-state index >= 15 is 8.78 Å². The van der Waals surface area contributed by atoms with Gasteiger partial charge in [0, 0.05) is 33.5 Å². The molecular formula is C35H50F2IN3O6Si2. The summed E-state index contributed by atoms with van der Waals surface area (Å²) in [4.78, 5) is 6.75. The minimum Gasteiger partial charge on any atom is -0.469 e. The van der Waals surface area contributed by atoms with Crippen LogP contribution in [0.4, 0.5) is 14.5 Å². The number of anilines is 1. The minimum absolute atomic E-state index is 0.0641. The SMILES string of the molecule is CC(C)(C)[Si](C)(C)OC1CO[C@H]2[C@@H]1OC[C@H]2Oc1c(I)c2nc(-c3c(F)cc(N4CCOCC4)cc3F)ccc2n1COCC[Si](C)(C)C. The first-order chi connectivity index (χ1) is 23.0. The van der Waals surface area contributed by atoms with Crippen LogP contribution in [0.1, 0.15) is 20.8 Å². The number of hydrogen-bond donors (Lipinski definition) is 0. The molecule has 1 aromatic carbocycles. The van der Waals surface area contributed by atoms with Gasteiger partial charge in [-0.15, -0.1) is 0 Å². The van der Waals surface area contributed by atoms with Crippen molar-refractivity contribution in [2.24, 2.45) is 0 Å². The number of benzene rings is 1. The van der Waals surface area contributed by atoms with E-state index in [1.54, 1.807) is 6.07 Å². The predicted molar refractivity (Wildman–Crippen MR) is 201 cm³/mol. The second-order valence-electron chi connectivity index (χ2n) is 16.0. The highest BCUT2D eigenvalue weighted by Gasteiger charge is 2.52. The lowest BCUT2D eigenvalue weighted by Crippen LogP contribution is -2.47. The van der Waals surface area contributed by atoms with Crippen LogP contribution < -0.4 is 9.64 Å². The minimum atomic E-state index is -2.04. The Morgan fingerprint density at radius 2 is 1.59 bits per heavy atom. The summed E-state index contributed by atoms with van der Waals surface area (Å²) in [6.45, 7) is 22.0. The molecule has 2 aromatic heterocycles. The fourth-order valence-electron chi connectivity index (χ4n) is 6.22. The van der Waals surface area contributed by atoms with Gasteiger partial charge in [0.2, 0.25) is 5.88 Å². The van der Waals surface area contributed by atoms with Crippen molar-refractivity contribution < 1.29 is 36.9 Å². The summed E-state index contributed by atoms with van der Waals surface area (Å²) in [5.74, 6) is -0.740. The van der Waals surface area contributed by atoms with Gasteiger partial charge in [-0.05, 0) is 71.0 Å². The monoisotopic (exact) mass is 829 g/mol. The van der Waals surface area contributed by atoms with Crippen molar-refractivity contribution in [1.29, 1.82) is 0 Å². The van der Waals surface area contributed by atoms with E-state index in [0.29, 0.717) is 63.2 Å². The second-order valence-corrected chi connectivity index (χ2v) is 27.5. The summed E-state index contributed by atoms with van der Waals surface area (Å²) in [6.07, 6.45) is -1.04. The Hall–Kier alpha value is -1.67. The first-order valence-electron chi connectivity index (χ1n) is 17.2. The molecule has 5 heterocycles. The van der Waals surface area contributed by atoms with Gasteiger partial charge < -0.3 is 33.0 Å². The van der Waals surface area contributed by atoms with E-state index in [1.165, 1.54) is 12.1 Å². The molecular weight excluding hydrogens is 779 g/mol. The molecule has 0 N–H and O–H groups in total. The molecule has 9 nitrogen and oxygen atoms in total. The molecule has 6 rings (SSSR count). The number of pyridine rings is 1. The molecule has 49 heavy (non-hydrogen) atoms. The van der Waals surface area contributed by atoms with Gasteiger partial charge in [0.1, 0.15) is 39.7 Å². The van der Waals surface area contributed by atoms with Crippen molar-refractivity contribution in [2.45, 2.75) is 95.7 Å². The summed E-state index contributed by atoms with van der Waals surface area (Å²) in [5.41, 5.74) is 1.89. The number of nitrogens with zero attached hydrogens (tertiary/aromatic N) is 3. The van der Waals surface area contributed by atoms with Gasteiger partial charge in [0.15, 0.2) is 14.4 Å². The Balaban J connectivity index is 1.29. The topological polar surface area (TPSA) is 76.4 Å². The highest BCUT2D eigenvalue weighted by molar-refractivity contribution is 14.1. The van der Waals surface area contributed by atoms with Crippen LogP contribution in [0, 0.1) is 15.2 Å². The number of halogens is 3. The van der Waals surface area contributed by atoms with Crippen LogP contribution in [0.25, 0.3) is 22.3 Å². The highest BCUT2D eigenvalue weighted by Crippen LogP contribution is 2.42. The van der Waals surface area contributed by atoms with Crippen molar-refractivity contribution in [2.75, 3.05) is 51.0 Å². The van der Waals surface area contributed by atoms with E-state index in [9.17, 15) is 0 Å². The zero-order valence-electron chi connectivity index (χ0n) is 29.9. The Bertz CT molecular complexity index is 1630. The molecule has 14 heteroatoms. The number of fused-ring (bicyclic) bond motifs is 2. The summed E-state index contributed by atoms with van der Waals surface area (Å²) >= 11 is 2.21. The molecule has 0 radical (unpaired) electrons. The van der Waals surface area contributed by atoms with Crippen molar-refractivity contribution >= 4 is 55.7 Å². The van der Waals surface area contributed by atoms with Crippen LogP contribution in [0.3, 0.4) is 0 Å². The standard InChI is InChI=1S/C35H50F2IN3O6Si2/c1-35(2,3)49(7,8)47-28-20-45-32-27(19-44-33(28)32)46-34-30(38)31-26(41(34)21-43-15-16-48(4,5)6)10-9-25(39-31)29-23(36)17-22(18-24(29)37)40-11-13-42-14-12-40/h9-10,17-18,27-28,32-33H,11-16,19-21H2,1-8H3/t27-,28?,32-,33-/m1/s1. The van der Waals surface area contributed by atoms with Crippen molar-refractivity contribution in [1.82, 2.24) is 9.55 Å². The maximum absolute atomic E-state index is 15.6. The lowest BCUT2D eigenvalue weighted by molar-refractivity contribution is 0.00828. The van der Waals surface area contributed by atoms with Gasteiger partial charge in [-0.1, -0.05) is 40.4 Å². The molecule has 1 unspecified atom stereocenters. The van der Waals surface area contributed by atoms with Gasteiger partial charge in [-0.2, -0.15) is 0 Å². The van der Waals surface area contributed by atoms with E-state index < -0.39 is 28.0 Å². The summed E-state index contributed by atoms with van der Waals surface area (Å²) in [6, 6.07) is 7.28. The zero-order chi connectivity index (χ0) is 35.3. The van der Waals surface area contributed by atoms with Crippen LogP contribution >= 0.6 is 22.6 Å². The van der Waals surface area contributed by atoms with E-state index in [1.807, 2.05) is 15.5 Å². The first-order valence-corrected chi connectivity index (χ1v) is 24.9. The number of hydrogen-bond acceptors (Lipinski definition) is 8. The third kappa shape index (κ3) is 7.90. The second kappa shape index (κ2) is 14.4. The van der Waals surface area contributed by atoms with Crippen LogP contribution in [0.2, 0.25) is 43.8 Å². The van der Waals surface area contributed by atoms with Gasteiger partial charge in [-0.25, -0.2) is 13.8 Å². The summed E-state index contributed by atoms with van der Waals surface area (Å²) < 4.78 is 71.5. The summed E-state index contributed by atoms with van der Waals surface area (Å²) in [5, 5.41) is 0.0641. The quantitative estimate of drug-likeness (QED) is 0.111. The molecule has 3 aliphatic rings. The van der Waals surface area contributed by atoms with Gasteiger partial charge in [0.25, 0.3) is 0 Å². The third-order valence-corrected chi connectivity index (χ3v) is 17.3. The van der Waals surface area contributed by atoms with Crippen molar-refractivity contribution in [3.8, 4) is 17.1 Å². The van der Waals surface area contributed by atoms with Crippen LogP contribution in [-0.2, 0) is 30.1 Å². The number of ether oxygens (including phenoxy) is 5.